The average molecular weight is 286 g/mol. The maximum atomic E-state index is 11.9. The molecule has 0 bridgehead atoms. The first-order chi connectivity index (χ1) is 9.51. The van der Waals surface area contributed by atoms with Gasteiger partial charge in [0.2, 0.25) is 11.8 Å². The molecule has 0 unspecified atom stereocenters. The first kappa shape index (κ1) is 18.4. The van der Waals surface area contributed by atoms with Crippen LogP contribution in [0.5, 0.6) is 0 Å². The Balaban J connectivity index is 3.75. The van der Waals surface area contributed by atoms with E-state index in [0.29, 0.717) is 26.1 Å². The minimum absolute atomic E-state index is 0.0268. The summed E-state index contributed by atoms with van der Waals surface area (Å²) in [6, 6.07) is 0. The summed E-state index contributed by atoms with van der Waals surface area (Å²) in [7, 11) is 1.34. The zero-order valence-corrected chi connectivity index (χ0v) is 12.7. The van der Waals surface area contributed by atoms with Crippen molar-refractivity contribution in [2.75, 3.05) is 26.7 Å². The summed E-state index contributed by atoms with van der Waals surface area (Å²) in [6.45, 7) is 5.05. The highest BCUT2D eigenvalue weighted by molar-refractivity contribution is 5.77. The number of nitrogens with zero attached hydrogens (tertiary/aromatic N) is 1. The minimum Gasteiger partial charge on any atom is -0.469 e. The molecule has 0 spiro atoms. The highest BCUT2D eigenvalue weighted by atomic mass is 16.5. The number of nitrogens with one attached hydrogen (secondary N) is 1. The number of ether oxygens (including phenoxy) is 1. The molecule has 2 amide bonds. The van der Waals surface area contributed by atoms with E-state index in [1.807, 2.05) is 6.92 Å². The minimum atomic E-state index is -0.299. The van der Waals surface area contributed by atoms with Crippen molar-refractivity contribution in [2.24, 2.45) is 0 Å². The second-order valence-corrected chi connectivity index (χ2v) is 4.59. The second kappa shape index (κ2) is 11.3. The highest BCUT2D eigenvalue weighted by Gasteiger charge is 2.12. The Labute approximate surface area is 120 Å². The van der Waals surface area contributed by atoms with Gasteiger partial charge >= 0.3 is 5.97 Å². The first-order valence-corrected chi connectivity index (χ1v) is 7.10. The van der Waals surface area contributed by atoms with Gasteiger partial charge in [0.1, 0.15) is 0 Å². The van der Waals surface area contributed by atoms with Gasteiger partial charge in [-0.3, -0.25) is 14.4 Å². The quantitative estimate of drug-likeness (QED) is 0.482. The largest absolute Gasteiger partial charge is 0.469 e. The molecule has 0 aliphatic carbocycles. The van der Waals surface area contributed by atoms with Crippen LogP contribution in [0.15, 0.2) is 0 Å². The lowest BCUT2D eigenvalue weighted by Crippen LogP contribution is -2.32. The van der Waals surface area contributed by atoms with Gasteiger partial charge in [-0.15, -0.1) is 0 Å². The molecule has 0 saturated heterocycles. The van der Waals surface area contributed by atoms with Gasteiger partial charge in [-0.2, -0.15) is 0 Å². The summed E-state index contributed by atoms with van der Waals surface area (Å²) >= 11 is 0. The smallest absolute Gasteiger partial charge is 0.307 e. The molecule has 0 aromatic heterocycles. The van der Waals surface area contributed by atoms with Gasteiger partial charge in [0.15, 0.2) is 0 Å². The van der Waals surface area contributed by atoms with Crippen LogP contribution >= 0.6 is 0 Å². The fraction of sp³-hybridized carbons (Fsp3) is 0.786. The molecule has 0 fully saturated rings. The van der Waals surface area contributed by atoms with E-state index in [0.717, 1.165) is 19.3 Å². The number of carbonyl (C=O) groups is 3. The highest BCUT2D eigenvalue weighted by Crippen LogP contribution is 2.04. The molecule has 20 heavy (non-hydrogen) atoms. The van der Waals surface area contributed by atoms with E-state index in [1.54, 1.807) is 4.90 Å². The van der Waals surface area contributed by atoms with Crippen molar-refractivity contribution in [1.29, 1.82) is 0 Å². The molecular weight excluding hydrogens is 260 g/mol. The molecule has 6 nitrogen and oxygen atoms in total. The Morgan fingerprint density at radius 2 is 1.80 bits per heavy atom. The van der Waals surface area contributed by atoms with Crippen LogP contribution in [0.2, 0.25) is 0 Å². The van der Waals surface area contributed by atoms with Gasteiger partial charge in [0.05, 0.1) is 13.5 Å². The standard InChI is InChI=1S/C14H26N2O4/c1-4-16(11-9-14(19)20-3)13(18)8-6-5-7-10-15-12(2)17/h4-11H2,1-3H3,(H,15,17). The molecule has 0 aromatic carbocycles. The SMILES string of the molecule is CCN(CCC(=O)OC)C(=O)CCCCCNC(C)=O. The van der Waals surface area contributed by atoms with Crippen LogP contribution in [0.25, 0.3) is 0 Å². The zero-order valence-electron chi connectivity index (χ0n) is 12.7. The van der Waals surface area contributed by atoms with Gasteiger partial charge in [0, 0.05) is 33.0 Å². The van der Waals surface area contributed by atoms with Crippen molar-refractivity contribution < 1.29 is 19.1 Å². The fourth-order valence-electron chi connectivity index (χ4n) is 1.79. The number of hydrogen-bond acceptors (Lipinski definition) is 4. The molecule has 0 aliphatic heterocycles. The Kier molecular flexibility index (Phi) is 10.4. The van der Waals surface area contributed by atoms with Gasteiger partial charge in [0.25, 0.3) is 0 Å². The van der Waals surface area contributed by atoms with Crippen molar-refractivity contribution in [1.82, 2.24) is 10.2 Å². The Hall–Kier alpha value is -1.59. The molecule has 6 heteroatoms. The monoisotopic (exact) mass is 286 g/mol. The molecule has 0 radical (unpaired) electrons. The van der Waals surface area contributed by atoms with E-state index in [1.165, 1.54) is 14.0 Å². The van der Waals surface area contributed by atoms with Gasteiger partial charge in [-0.25, -0.2) is 0 Å². The Bertz CT molecular complexity index is 318. The Morgan fingerprint density at radius 3 is 2.35 bits per heavy atom. The molecule has 1 N–H and O–H groups in total. The predicted molar refractivity (Wildman–Crippen MR) is 76.0 cm³/mol. The summed E-state index contributed by atoms with van der Waals surface area (Å²) in [4.78, 5) is 35.3. The summed E-state index contributed by atoms with van der Waals surface area (Å²) in [6.07, 6.45) is 3.29. The van der Waals surface area contributed by atoms with E-state index < -0.39 is 0 Å². The van der Waals surface area contributed by atoms with Crippen LogP contribution in [-0.2, 0) is 19.1 Å². The number of esters is 1. The topological polar surface area (TPSA) is 75.7 Å². The summed E-state index contributed by atoms with van der Waals surface area (Å²) in [5, 5.41) is 2.72. The maximum absolute atomic E-state index is 11.9. The van der Waals surface area contributed by atoms with Crippen molar-refractivity contribution in [3.05, 3.63) is 0 Å². The molecule has 0 saturated carbocycles. The van der Waals surface area contributed by atoms with Gasteiger partial charge < -0.3 is 15.0 Å². The first-order valence-electron chi connectivity index (χ1n) is 7.10. The van der Waals surface area contributed by atoms with E-state index >= 15 is 0 Å². The second-order valence-electron chi connectivity index (χ2n) is 4.59. The number of unbranched alkanes of at least 4 members (excludes halogenated alkanes) is 2. The van der Waals surface area contributed by atoms with E-state index in [-0.39, 0.29) is 24.2 Å². The van der Waals surface area contributed by atoms with Crippen LogP contribution in [-0.4, -0.2) is 49.4 Å². The zero-order chi connectivity index (χ0) is 15.4. The van der Waals surface area contributed by atoms with Crippen molar-refractivity contribution in [3.8, 4) is 0 Å². The van der Waals surface area contributed by atoms with Crippen molar-refractivity contribution >= 4 is 17.8 Å². The van der Waals surface area contributed by atoms with Crippen LogP contribution in [0.3, 0.4) is 0 Å². The molecule has 116 valence electrons. The molecule has 0 heterocycles. The number of amides is 2. The van der Waals surface area contributed by atoms with E-state index in [4.69, 9.17) is 0 Å². The summed E-state index contributed by atoms with van der Waals surface area (Å²) < 4.78 is 4.56. The molecule has 0 aliphatic rings. The molecular formula is C14H26N2O4. The fourth-order valence-corrected chi connectivity index (χ4v) is 1.79. The number of rotatable bonds is 10. The predicted octanol–water partition coefficient (Wildman–Crippen LogP) is 1.09. The Morgan fingerprint density at radius 1 is 1.10 bits per heavy atom. The maximum Gasteiger partial charge on any atom is 0.307 e. The normalized spacial score (nSPS) is 9.95. The molecule has 0 aromatic rings. The molecule has 0 rings (SSSR count). The lowest BCUT2D eigenvalue weighted by molar-refractivity contribution is -0.141. The lowest BCUT2D eigenvalue weighted by atomic mass is 10.1. The van der Waals surface area contributed by atoms with Crippen molar-refractivity contribution in [2.45, 2.75) is 46.0 Å². The van der Waals surface area contributed by atoms with Crippen LogP contribution in [0.4, 0.5) is 0 Å². The average Bonchev–Trinajstić information content (AvgIpc) is 2.42. The van der Waals surface area contributed by atoms with Crippen LogP contribution < -0.4 is 5.32 Å². The third-order valence-corrected chi connectivity index (χ3v) is 2.99. The van der Waals surface area contributed by atoms with Gasteiger partial charge in [-0.1, -0.05) is 6.42 Å². The van der Waals surface area contributed by atoms with E-state index in [2.05, 4.69) is 10.1 Å². The third-order valence-electron chi connectivity index (χ3n) is 2.99. The van der Waals surface area contributed by atoms with Crippen LogP contribution in [0.1, 0.15) is 46.0 Å². The van der Waals surface area contributed by atoms with Crippen LogP contribution in [0, 0.1) is 0 Å². The van der Waals surface area contributed by atoms with E-state index in [9.17, 15) is 14.4 Å². The number of carbonyl (C=O) groups excluding carboxylic acids is 3. The molecule has 0 atom stereocenters. The van der Waals surface area contributed by atoms with Crippen molar-refractivity contribution in [3.63, 3.8) is 0 Å². The lowest BCUT2D eigenvalue weighted by Gasteiger charge is -2.20. The summed E-state index contributed by atoms with van der Waals surface area (Å²) in [5.74, 6) is -0.261. The van der Waals surface area contributed by atoms with Gasteiger partial charge in [-0.05, 0) is 19.8 Å². The number of methoxy groups -OCH3 is 1. The summed E-state index contributed by atoms with van der Waals surface area (Å²) in [5.41, 5.74) is 0. The number of hydrogen-bond donors (Lipinski definition) is 1. The third kappa shape index (κ3) is 9.35.